The van der Waals surface area contributed by atoms with Crippen LogP contribution in [0.1, 0.15) is 29.6 Å². The van der Waals surface area contributed by atoms with Crippen molar-refractivity contribution < 1.29 is 4.79 Å². The summed E-state index contributed by atoms with van der Waals surface area (Å²) in [5, 5.41) is 0. The van der Waals surface area contributed by atoms with Crippen LogP contribution in [-0.4, -0.2) is 10.8 Å². The number of rotatable bonds is 3. The van der Waals surface area contributed by atoms with E-state index < -0.39 is 0 Å². The Morgan fingerprint density at radius 2 is 2.38 bits per heavy atom. The molecule has 1 aromatic heterocycles. The molecule has 2 rings (SSSR count). The molecule has 1 aliphatic rings. The highest BCUT2D eigenvalue weighted by Gasteiger charge is 2.24. The Kier molecular flexibility index (Phi) is 2.00. The number of hydrogen-bond acceptors (Lipinski definition) is 3. The van der Waals surface area contributed by atoms with Crippen LogP contribution in [0.3, 0.4) is 0 Å². The minimum absolute atomic E-state index is 0.191. The molecular formula is C10H12N2O. The lowest BCUT2D eigenvalue weighted by Crippen LogP contribution is -2.01. The number of anilines is 1. The van der Waals surface area contributed by atoms with Crippen molar-refractivity contribution in [3.05, 3.63) is 23.9 Å². The molecular weight excluding hydrogens is 164 g/mol. The summed E-state index contributed by atoms with van der Waals surface area (Å²) in [6.07, 6.45) is 4.65. The van der Waals surface area contributed by atoms with E-state index in [1.165, 1.54) is 12.8 Å². The average molecular weight is 176 g/mol. The monoisotopic (exact) mass is 176 g/mol. The second-order valence-electron chi connectivity index (χ2n) is 3.54. The zero-order valence-electron chi connectivity index (χ0n) is 7.36. The molecule has 0 spiro atoms. The van der Waals surface area contributed by atoms with Crippen LogP contribution >= 0.6 is 0 Å². The van der Waals surface area contributed by atoms with Gasteiger partial charge in [0.1, 0.15) is 5.82 Å². The van der Waals surface area contributed by atoms with Crippen molar-refractivity contribution in [2.24, 2.45) is 5.92 Å². The Hall–Kier alpha value is -1.38. The average Bonchev–Trinajstić information content (AvgIpc) is 2.88. The van der Waals surface area contributed by atoms with Crippen LogP contribution in [0.25, 0.3) is 0 Å². The lowest BCUT2D eigenvalue weighted by atomic mass is 10.1. The van der Waals surface area contributed by atoms with E-state index in [1.54, 1.807) is 18.3 Å². The van der Waals surface area contributed by atoms with Crippen LogP contribution < -0.4 is 5.73 Å². The number of hydrogen-bond donors (Lipinski definition) is 1. The maximum absolute atomic E-state index is 11.6. The van der Waals surface area contributed by atoms with Crippen LogP contribution in [0.4, 0.5) is 5.82 Å². The molecule has 0 radical (unpaired) electrons. The number of pyridine rings is 1. The standard InChI is InChI=1S/C10H12N2O/c11-10-6-8(3-4-12-10)9(13)5-7-1-2-7/h3-4,6-7H,1-2,5H2,(H2,11,12). The minimum Gasteiger partial charge on any atom is -0.384 e. The van der Waals surface area contributed by atoms with E-state index in [0.717, 1.165) is 0 Å². The molecule has 0 aromatic carbocycles. The van der Waals surface area contributed by atoms with Gasteiger partial charge in [0.05, 0.1) is 0 Å². The predicted octanol–water partition coefficient (Wildman–Crippen LogP) is 1.65. The van der Waals surface area contributed by atoms with Gasteiger partial charge in [-0.3, -0.25) is 4.79 Å². The number of nitrogens with zero attached hydrogens (tertiary/aromatic N) is 1. The van der Waals surface area contributed by atoms with E-state index in [9.17, 15) is 4.79 Å². The first kappa shape index (κ1) is 8.23. The van der Waals surface area contributed by atoms with Crippen molar-refractivity contribution in [2.75, 3.05) is 5.73 Å². The van der Waals surface area contributed by atoms with Crippen LogP contribution in [0.15, 0.2) is 18.3 Å². The molecule has 2 N–H and O–H groups in total. The summed E-state index contributed by atoms with van der Waals surface area (Å²) in [5.74, 6) is 1.24. The highest BCUT2D eigenvalue weighted by atomic mass is 16.1. The highest BCUT2D eigenvalue weighted by Crippen LogP contribution is 2.33. The molecule has 68 valence electrons. The van der Waals surface area contributed by atoms with Crippen molar-refractivity contribution in [3.8, 4) is 0 Å². The van der Waals surface area contributed by atoms with E-state index in [2.05, 4.69) is 4.98 Å². The number of carbonyl (C=O) groups is 1. The minimum atomic E-state index is 0.191. The second-order valence-corrected chi connectivity index (χ2v) is 3.54. The van der Waals surface area contributed by atoms with Gasteiger partial charge in [0.2, 0.25) is 0 Å². The van der Waals surface area contributed by atoms with Gasteiger partial charge in [-0.25, -0.2) is 4.98 Å². The van der Waals surface area contributed by atoms with Gasteiger partial charge in [0.15, 0.2) is 5.78 Å². The maximum atomic E-state index is 11.6. The molecule has 0 bridgehead atoms. The summed E-state index contributed by atoms with van der Waals surface area (Å²) >= 11 is 0. The fraction of sp³-hybridized carbons (Fsp3) is 0.400. The number of carbonyl (C=O) groups excluding carboxylic acids is 1. The summed E-state index contributed by atoms with van der Waals surface area (Å²) in [5.41, 5.74) is 6.17. The summed E-state index contributed by atoms with van der Waals surface area (Å²) in [6.45, 7) is 0. The van der Waals surface area contributed by atoms with Crippen LogP contribution in [0, 0.1) is 5.92 Å². The van der Waals surface area contributed by atoms with Crippen molar-refractivity contribution in [3.63, 3.8) is 0 Å². The van der Waals surface area contributed by atoms with Gasteiger partial charge in [-0.15, -0.1) is 0 Å². The molecule has 1 saturated carbocycles. The molecule has 1 aromatic rings. The molecule has 13 heavy (non-hydrogen) atoms. The van der Waals surface area contributed by atoms with Gasteiger partial charge in [-0.1, -0.05) is 0 Å². The largest absolute Gasteiger partial charge is 0.384 e. The second kappa shape index (κ2) is 3.17. The number of nitrogen functional groups attached to an aromatic ring is 1. The van der Waals surface area contributed by atoms with Crippen LogP contribution in [0.2, 0.25) is 0 Å². The van der Waals surface area contributed by atoms with Gasteiger partial charge in [-0.2, -0.15) is 0 Å². The summed E-state index contributed by atoms with van der Waals surface area (Å²) in [6, 6.07) is 3.37. The van der Waals surface area contributed by atoms with Gasteiger partial charge < -0.3 is 5.73 Å². The smallest absolute Gasteiger partial charge is 0.163 e. The molecule has 0 aliphatic heterocycles. The van der Waals surface area contributed by atoms with Crippen molar-refractivity contribution >= 4 is 11.6 Å². The SMILES string of the molecule is Nc1cc(C(=O)CC2CC2)ccn1. The Morgan fingerprint density at radius 1 is 1.62 bits per heavy atom. The number of ketones is 1. The highest BCUT2D eigenvalue weighted by molar-refractivity contribution is 5.96. The third-order valence-corrected chi connectivity index (χ3v) is 2.27. The van der Waals surface area contributed by atoms with Crippen LogP contribution in [0.5, 0.6) is 0 Å². The normalized spacial score (nSPS) is 15.7. The first-order valence-corrected chi connectivity index (χ1v) is 4.50. The topological polar surface area (TPSA) is 56.0 Å². The summed E-state index contributed by atoms with van der Waals surface area (Å²) in [4.78, 5) is 15.4. The third kappa shape index (κ3) is 2.05. The maximum Gasteiger partial charge on any atom is 0.163 e. The Morgan fingerprint density at radius 3 is 3.00 bits per heavy atom. The third-order valence-electron chi connectivity index (χ3n) is 2.27. The fourth-order valence-electron chi connectivity index (χ4n) is 1.32. The van der Waals surface area contributed by atoms with Gasteiger partial charge in [-0.05, 0) is 30.9 Å². The van der Waals surface area contributed by atoms with Gasteiger partial charge >= 0.3 is 0 Å². The van der Waals surface area contributed by atoms with Crippen LogP contribution in [-0.2, 0) is 0 Å². The van der Waals surface area contributed by atoms with Crippen molar-refractivity contribution in [1.29, 1.82) is 0 Å². The quantitative estimate of drug-likeness (QED) is 0.712. The first-order chi connectivity index (χ1) is 6.25. The molecule has 0 unspecified atom stereocenters. The molecule has 1 heterocycles. The van der Waals surface area contributed by atoms with Gasteiger partial charge in [0, 0.05) is 18.2 Å². The number of aromatic nitrogens is 1. The zero-order chi connectivity index (χ0) is 9.26. The Bertz CT molecular complexity index is 331. The first-order valence-electron chi connectivity index (χ1n) is 4.50. The molecule has 0 saturated heterocycles. The summed E-state index contributed by atoms with van der Waals surface area (Å²) in [7, 11) is 0. The zero-order valence-corrected chi connectivity index (χ0v) is 7.36. The predicted molar refractivity (Wildman–Crippen MR) is 50.3 cm³/mol. The van der Waals surface area contributed by atoms with Crippen molar-refractivity contribution in [1.82, 2.24) is 4.98 Å². The molecule has 0 atom stereocenters. The summed E-state index contributed by atoms with van der Waals surface area (Å²) < 4.78 is 0. The van der Waals surface area contributed by atoms with E-state index in [-0.39, 0.29) is 5.78 Å². The van der Waals surface area contributed by atoms with E-state index in [0.29, 0.717) is 23.7 Å². The Labute approximate surface area is 77.0 Å². The van der Waals surface area contributed by atoms with E-state index in [4.69, 9.17) is 5.73 Å². The number of Topliss-reactive ketones (excluding diaryl/α,β-unsaturated/α-hetero) is 1. The van der Waals surface area contributed by atoms with E-state index >= 15 is 0 Å². The lowest BCUT2D eigenvalue weighted by molar-refractivity contribution is 0.0976. The molecule has 1 aliphatic carbocycles. The van der Waals surface area contributed by atoms with Gasteiger partial charge in [0.25, 0.3) is 0 Å². The number of nitrogens with two attached hydrogens (primary N) is 1. The molecule has 3 heteroatoms. The fourth-order valence-corrected chi connectivity index (χ4v) is 1.32. The molecule has 1 fully saturated rings. The van der Waals surface area contributed by atoms with Crippen molar-refractivity contribution in [2.45, 2.75) is 19.3 Å². The van der Waals surface area contributed by atoms with E-state index in [1.807, 2.05) is 0 Å². The Balaban J connectivity index is 2.09. The lowest BCUT2D eigenvalue weighted by Gasteiger charge is -1.99. The molecule has 0 amide bonds. The molecule has 3 nitrogen and oxygen atoms in total.